The summed E-state index contributed by atoms with van der Waals surface area (Å²) in [6.07, 6.45) is 6.26. The first-order valence-electron chi connectivity index (χ1n) is 8.43. The summed E-state index contributed by atoms with van der Waals surface area (Å²) >= 11 is 0. The highest BCUT2D eigenvalue weighted by Crippen LogP contribution is 2.33. The molecule has 3 heterocycles. The maximum absolute atomic E-state index is 6.05. The van der Waals surface area contributed by atoms with Crippen molar-refractivity contribution in [3.8, 4) is 22.8 Å². The molecule has 0 spiro atoms. The molecule has 1 atom stereocenters. The Kier molecular flexibility index (Phi) is 5.19. The van der Waals surface area contributed by atoms with Gasteiger partial charge >= 0.3 is 0 Å². The number of nitrogens with two attached hydrogens (primary N) is 1. The van der Waals surface area contributed by atoms with Crippen LogP contribution in [0.5, 0.6) is 11.5 Å². The Labute approximate surface area is 147 Å². The smallest absolute Gasteiger partial charge is 0.141 e. The van der Waals surface area contributed by atoms with Gasteiger partial charge in [0, 0.05) is 24.0 Å². The number of pyridine rings is 2. The van der Waals surface area contributed by atoms with E-state index in [1.165, 1.54) is 0 Å². The highest BCUT2D eigenvalue weighted by molar-refractivity contribution is 5.97. The summed E-state index contributed by atoms with van der Waals surface area (Å²) in [4.78, 5) is 12.0. The van der Waals surface area contributed by atoms with E-state index in [9.17, 15) is 0 Å². The minimum atomic E-state index is 0.0311. The minimum absolute atomic E-state index is 0.0311. The normalized spacial score (nSPS) is 12.5. The first kappa shape index (κ1) is 17.2. The van der Waals surface area contributed by atoms with Gasteiger partial charge in [0.2, 0.25) is 0 Å². The van der Waals surface area contributed by atoms with E-state index >= 15 is 0 Å². The Morgan fingerprint density at radius 3 is 2.72 bits per heavy atom. The molecule has 3 aromatic heterocycles. The zero-order chi connectivity index (χ0) is 17.8. The molecule has 25 heavy (non-hydrogen) atoms. The molecule has 0 aromatic carbocycles. The zero-order valence-electron chi connectivity index (χ0n) is 14.8. The van der Waals surface area contributed by atoms with Crippen molar-refractivity contribution in [1.82, 2.24) is 15.0 Å². The molecule has 3 N–H and O–H groups in total. The van der Waals surface area contributed by atoms with E-state index in [4.69, 9.17) is 15.2 Å². The Morgan fingerprint density at radius 2 is 2.04 bits per heavy atom. The summed E-state index contributed by atoms with van der Waals surface area (Å²) in [6.45, 7) is 4.80. The predicted octanol–water partition coefficient (Wildman–Crippen LogP) is 3.39. The number of hydrogen-bond donors (Lipinski definition) is 2. The number of H-pyrrole nitrogens is 1. The summed E-state index contributed by atoms with van der Waals surface area (Å²) in [6, 6.07) is 5.71. The molecule has 0 amide bonds. The van der Waals surface area contributed by atoms with E-state index in [0.717, 1.165) is 34.5 Å². The first-order valence-corrected chi connectivity index (χ1v) is 8.43. The van der Waals surface area contributed by atoms with Gasteiger partial charge in [-0.1, -0.05) is 13.8 Å². The van der Waals surface area contributed by atoms with Gasteiger partial charge in [-0.15, -0.1) is 0 Å². The van der Waals surface area contributed by atoms with E-state index in [-0.39, 0.29) is 6.04 Å². The highest BCUT2D eigenvalue weighted by atomic mass is 16.5. The molecule has 0 unspecified atom stereocenters. The lowest BCUT2D eigenvalue weighted by atomic mass is 10.1. The van der Waals surface area contributed by atoms with Crippen LogP contribution >= 0.6 is 0 Å². The van der Waals surface area contributed by atoms with E-state index in [0.29, 0.717) is 18.3 Å². The molecule has 3 aromatic rings. The van der Waals surface area contributed by atoms with Gasteiger partial charge in [0.25, 0.3) is 0 Å². The van der Waals surface area contributed by atoms with E-state index in [2.05, 4.69) is 28.8 Å². The molecule has 6 nitrogen and oxygen atoms in total. The summed E-state index contributed by atoms with van der Waals surface area (Å²) in [5, 5.41) is 0.921. The second-order valence-electron chi connectivity index (χ2n) is 6.52. The van der Waals surface area contributed by atoms with Gasteiger partial charge in [0.15, 0.2) is 0 Å². The van der Waals surface area contributed by atoms with Crippen molar-refractivity contribution in [2.24, 2.45) is 11.7 Å². The molecule has 0 fully saturated rings. The van der Waals surface area contributed by atoms with Gasteiger partial charge < -0.3 is 20.2 Å². The van der Waals surface area contributed by atoms with Crippen molar-refractivity contribution in [3.05, 3.63) is 36.8 Å². The highest BCUT2D eigenvalue weighted by Gasteiger charge is 2.13. The van der Waals surface area contributed by atoms with Gasteiger partial charge in [-0.3, -0.25) is 4.98 Å². The van der Waals surface area contributed by atoms with E-state index < -0.39 is 0 Å². The average Bonchev–Trinajstić information content (AvgIpc) is 3.04. The molecule has 0 aliphatic heterocycles. The fourth-order valence-corrected chi connectivity index (χ4v) is 2.90. The Balaban J connectivity index is 1.77. The van der Waals surface area contributed by atoms with Gasteiger partial charge in [-0.25, -0.2) is 4.98 Å². The van der Waals surface area contributed by atoms with Crippen LogP contribution in [0.4, 0.5) is 0 Å². The third-order valence-electron chi connectivity index (χ3n) is 4.01. The summed E-state index contributed by atoms with van der Waals surface area (Å²) in [5.74, 6) is 2.04. The molecule has 6 heteroatoms. The Morgan fingerprint density at radius 1 is 1.20 bits per heavy atom. The third kappa shape index (κ3) is 3.91. The summed E-state index contributed by atoms with van der Waals surface area (Å²) in [5.41, 5.74) is 8.60. The van der Waals surface area contributed by atoms with Crippen molar-refractivity contribution < 1.29 is 9.47 Å². The van der Waals surface area contributed by atoms with Crippen LogP contribution in [-0.2, 0) is 0 Å². The summed E-state index contributed by atoms with van der Waals surface area (Å²) < 4.78 is 11.2. The van der Waals surface area contributed by atoms with Crippen molar-refractivity contribution in [1.29, 1.82) is 0 Å². The topological polar surface area (TPSA) is 86.0 Å². The molecule has 3 rings (SSSR count). The minimum Gasteiger partial charge on any atom is -0.496 e. The molecule has 0 saturated carbocycles. The molecule has 0 aliphatic carbocycles. The van der Waals surface area contributed by atoms with Crippen molar-refractivity contribution in [3.63, 3.8) is 0 Å². The lowest BCUT2D eigenvalue weighted by molar-refractivity contribution is 0.270. The van der Waals surface area contributed by atoms with E-state index in [1.54, 1.807) is 19.5 Å². The number of hydrogen-bond acceptors (Lipinski definition) is 5. The summed E-state index contributed by atoms with van der Waals surface area (Å²) in [7, 11) is 1.65. The van der Waals surface area contributed by atoms with Gasteiger partial charge in [-0.05, 0) is 30.5 Å². The molecule has 0 bridgehead atoms. The lowest BCUT2D eigenvalue weighted by Crippen LogP contribution is -2.29. The number of fused-ring (bicyclic) bond motifs is 1. The Hall–Kier alpha value is -2.60. The maximum atomic E-state index is 6.05. The van der Waals surface area contributed by atoms with Gasteiger partial charge in [0.05, 0.1) is 24.4 Å². The van der Waals surface area contributed by atoms with E-state index in [1.807, 2.05) is 24.4 Å². The number of ether oxygens (including phenoxy) is 2. The van der Waals surface area contributed by atoms with Gasteiger partial charge in [-0.2, -0.15) is 0 Å². The fraction of sp³-hybridized carbons (Fsp3) is 0.368. The van der Waals surface area contributed by atoms with Crippen molar-refractivity contribution in [2.45, 2.75) is 26.3 Å². The SMILES string of the molecule is COc1ccnc2[nH]cc(-c3ccc(OC[C@@H](N)CC(C)C)cn3)c12. The Bertz CT molecular complexity index is 827. The molecule has 0 radical (unpaired) electrons. The molecule has 132 valence electrons. The number of nitrogens with zero attached hydrogens (tertiary/aromatic N) is 2. The molecule has 0 aliphatic rings. The van der Waals surface area contributed by atoms with Crippen LogP contribution in [-0.4, -0.2) is 34.7 Å². The van der Waals surface area contributed by atoms with Crippen LogP contribution in [0, 0.1) is 5.92 Å². The number of rotatable bonds is 7. The standard InChI is InChI=1S/C19H24N4O2/c1-12(2)8-13(20)11-25-14-4-5-16(22-9-14)15-10-23-19-18(15)17(24-3)6-7-21-19/h4-7,9-10,12-13H,8,11,20H2,1-3H3,(H,21,23)/t13-/m0/s1. The van der Waals surface area contributed by atoms with Crippen molar-refractivity contribution in [2.75, 3.05) is 13.7 Å². The van der Waals surface area contributed by atoms with Crippen molar-refractivity contribution >= 4 is 11.0 Å². The van der Waals surface area contributed by atoms with Crippen LogP contribution in [0.2, 0.25) is 0 Å². The van der Waals surface area contributed by atoms with Crippen LogP contribution in [0.25, 0.3) is 22.3 Å². The maximum Gasteiger partial charge on any atom is 0.141 e. The van der Waals surface area contributed by atoms with Crippen LogP contribution in [0.3, 0.4) is 0 Å². The van der Waals surface area contributed by atoms with Crippen LogP contribution in [0.1, 0.15) is 20.3 Å². The number of methoxy groups -OCH3 is 1. The molecular formula is C19H24N4O2. The lowest BCUT2D eigenvalue weighted by Gasteiger charge is -2.15. The monoisotopic (exact) mass is 340 g/mol. The second kappa shape index (κ2) is 7.53. The fourth-order valence-electron chi connectivity index (χ4n) is 2.90. The third-order valence-corrected chi connectivity index (χ3v) is 4.01. The van der Waals surface area contributed by atoms with Crippen LogP contribution in [0.15, 0.2) is 36.8 Å². The molecule has 0 saturated heterocycles. The second-order valence-corrected chi connectivity index (χ2v) is 6.52. The number of aromatic amines is 1. The predicted molar refractivity (Wildman–Crippen MR) is 98.8 cm³/mol. The number of nitrogens with one attached hydrogen (secondary N) is 1. The van der Waals surface area contributed by atoms with Gasteiger partial charge in [0.1, 0.15) is 23.8 Å². The quantitative estimate of drug-likeness (QED) is 0.688. The average molecular weight is 340 g/mol. The molecular weight excluding hydrogens is 316 g/mol. The first-order chi connectivity index (χ1) is 12.1. The number of aromatic nitrogens is 3. The van der Waals surface area contributed by atoms with Crippen LogP contribution < -0.4 is 15.2 Å². The largest absolute Gasteiger partial charge is 0.496 e. The zero-order valence-corrected chi connectivity index (χ0v) is 14.8.